The molecule has 0 radical (unpaired) electrons. The highest BCUT2D eigenvalue weighted by Gasteiger charge is 2.19. The van der Waals surface area contributed by atoms with E-state index in [0.717, 1.165) is 29.9 Å². The molecule has 0 spiro atoms. The van der Waals surface area contributed by atoms with Crippen LogP contribution in [-0.4, -0.2) is 36.1 Å². The Kier molecular flexibility index (Phi) is 3.11. The number of hydrogen-bond acceptors (Lipinski definition) is 4. The molecule has 18 heavy (non-hydrogen) atoms. The molecule has 0 aliphatic carbocycles. The number of nitrogens with zero attached hydrogens (tertiary/aromatic N) is 3. The summed E-state index contributed by atoms with van der Waals surface area (Å²) in [5.74, 6) is 0.822. The summed E-state index contributed by atoms with van der Waals surface area (Å²) in [5.41, 5.74) is 1.01. The van der Waals surface area contributed by atoms with Crippen LogP contribution in [0.4, 0.5) is 5.95 Å². The third-order valence-electron chi connectivity index (χ3n) is 3.61. The Morgan fingerprint density at radius 2 is 2.22 bits per heavy atom. The lowest BCUT2D eigenvalue weighted by Crippen LogP contribution is -2.44. The molecule has 1 aromatic heterocycles. The van der Waals surface area contributed by atoms with Gasteiger partial charge in [-0.2, -0.15) is 0 Å². The Hall–Kier alpha value is -1.68. The largest absolute Gasteiger partial charge is 0.340 e. The quantitative estimate of drug-likeness (QED) is 0.872. The first kappa shape index (κ1) is 11.4. The number of nitrogens with one attached hydrogen (secondary N) is 1. The van der Waals surface area contributed by atoms with Crippen LogP contribution in [0.25, 0.3) is 10.9 Å². The van der Waals surface area contributed by atoms with Gasteiger partial charge in [0.2, 0.25) is 5.95 Å². The molecule has 1 aromatic carbocycles. The van der Waals surface area contributed by atoms with Gasteiger partial charge in [-0.05, 0) is 25.5 Å². The molecule has 4 nitrogen and oxygen atoms in total. The number of piperidine rings is 1. The maximum atomic E-state index is 4.64. The van der Waals surface area contributed by atoms with Crippen LogP contribution in [0, 0.1) is 0 Å². The number of rotatable bonds is 2. The highest BCUT2D eigenvalue weighted by molar-refractivity contribution is 5.78. The summed E-state index contributed by atoms with van der Waals surface area (Å²) in [7, 11) is 2.09. The molecule has 1 aliphatic rings. The molecule has 1 atom stereocenters. The Bertz CT molecular complexity index is 534. The number of fused-ring (bicyclic) bond motifs is 1. The van der Waals surface area contributed by atoms with Crippen molar-refractivity contribution in [1.82, 2.24) is 15.3 Å². The topological polar surface area (TPSA) is 41.1 Å². The maximum absolute atomic E-state index is 4.64. The van der Waals surface area contributed by atoms with E-state index in [9.17, 15) is 0 Å². The molecule has 2 aromatic rings. The predicted molar refractivity (Wildman–Crippen MR) is 73.8 cm³/mol. The monoisotopic (exact) mass is 242 g/mol. The predicted octanol–water partition coefficient (Wildman–Crippen LogP) is 1.82. The Morgan fingerprint density at radius 1 is 1.33 bits per heavy atom. The third kappa shape index (κ3) is 2.16. The standard InChI is InChI=1S/C14H18N4/c1-18(12-6-4-8-15-10-12)14-16-9-11-5-2-3-7-13(11)17-14/h2-3,5,7,9,12,15H,4,6,8,10H2,1H3. The molecule has 4 heteroatoms. The second kappa shape index (κ2) is 4.90. The summed E-state index contributed by atoms with van der Waals surface area (Å²) in [4.78, 5) is 11.3. The first-order valence-corrected chi connectivity index (χ1v) is 6.50. The first-order valence-electron chi connectivity index (χ1n) is 6.50. The third-order valence-corrected chi connectivity index (χ3v) is 3.61. The lowest BCUT2D eigenvalue weighted by Gasteiger charge is -2.31. The number of likely N-dealkylation sites (N-methyl/N-ethyl adjacent to an activating group) is 1. The van der Waals surface area contributed by atoms with Crippen molar-refractivity contribution in [2.45, 2.75) is 18.9 Å². The van der Waals surface area contributed by atoms with Crippen molar-refractivity contribution < 1.29 is 0 Å². The number of aromatic nitrogens is 2. The van der Waals surface area contributed by atoms with E-state index in [2.05, 4.69) is 27.2 Å². The van der Waals surface area contributed by atoms with Gasteiger partial charge in [0.1, 0.15) is 0 Å². The van der Waals surface area contributed by atoms with E-state index in [-0.39, 0.29) is 0 Å². The summed E-state index contributed by atoms with van der Waals surface area (Å²) in [6.07, 6.45) is 4.34. The molecular weight excluding hydrogens is 224 g/mol. The van der Waals surface area contributed by atoms with Crippen LogP contribution >= 0.6 is 0 Å². The number of anilines is 1. The van der Waals surface area contributed by atoms with Crippen LogP contribution in [0.15, 0.2) is 30.5 Å². The van der Waals surface area contributed by atoms with Crippen LogP contribution < -0.4 is 10.2 Å². The zero-order chi connectivity index (χ0) is 12.4. The van der Waals surface area contributed by atoms with Gasteiger partial charge in [-0.1, -0.05) is 18.2 Å². The van der Waals surface area contributed by atoms with Gasteiger partial charge in [0.15, 0.2) is 0 Å². The van der Waals surface area contributed by atoms with Crippen LogP contribution in [0.2, 0.25) is 0 Å². The molecule has 94 valence electrons. The zero-order valence-corrected chi connectivity index (χ0v) is 10.6. The van der Waals surface area contributed by atoms with Gasteiger partial charge >= 0.3 is 0 Å². The fourth-order valence-corrected chi connectivity index (χ4v) is 2.46. The molecule has 1 unspecified atom stereocenters. The van der Waals surface area contributed by atoms with E-state index in [4.69, 9.17) is 0 Å². The minimum absolute atomic E-state index is 0.500. The number of hydrogen-bond donors (Lipinski definition) is 1. The highest BCUT2D eigenvalue weighted by atomic mass is 15.3. The van der Waals surface area contributed by atoms with E-state index in [0.29, 0.717) is 6.04 Å². The molecule has 0 amide bonds. The molecule has 3 rings (SSSR count). The van der Waals surface area contributed by atoms with E-state index in [1.165, 1.54) is 12.8 Å². The molecule has 1 N–H and O–H groups in total. The number of para-hydroxylation sites is 1. The van der Waals surface area contributed by atoms with Gasteiger partial charge in [0.25, 0.3) is 0 Å². The first-order chi connectivity index (χ1) is 8.84. The fraction of sp³-hybridized carbons (Fsp3) is 0.429. The molecule has 1 fully saturated rings. The van der Waals surface area contributed by atoms with Gasteiger partial charge in [-0.3, -0.25) is 0 Å². The van der Waals surface area contributed by atoms with Crippen molar-refractivity contribution in [3.63, 3.8) is 0 Å². The van der Waals surface area contributed by atoms with Crippen LogP contribution in [0.5, 0.6) is 0 Å². The van der Waals surface area contributed by atoms with Crippen LogP contribution in [0.1, 0.15) is 12.8 Å². The smallest absolute Gasteiger partial charge is 0.225 e. The highest BCUT2D eigenvalue weighted by Crippen LogP contribution is 2.17. The maximum Gasteiger partial charge on any atom is 0.225 e. The van der Waals surface area contributed by atoms with Crippen LogP contribution in [-0.2, 0) is 0 Å². The van der Waals surface area contributed by atoms with Crippen molar-refractivity contribution in [3.8, 4) is 0 Å². The van der Waals surface area contributed by atoms with Crippen molar-refractivity contribution in [2.75, 3.05) is 25.0 Å². The van der Waals surface area contributed by atoms with E-state index < -0.39 is 0 Å². The van der Waals surface area contributed by atoms with Gasteiger partial charge < -0.3 is 10.2 Å². The Morgan fingerprint density at radius 3 is 3.06 bits per heavy atom. The van der Waals surface area contributed by atoms with Gasteiger partial charge in [0, 0.05) is 31.2 Å². The average molecular weight is 242 g/mol. The van der Waals surface area contributed by atoms with Crippen LogP contribution in [0.3, 0.4) is 0 Å². The zero-order valence-electron chi connectivity index (χ0n) is 10.6. The van der Waals surface area contributed by atoms with Crippen molar-refractivity contribution in [2.24, 2.45) is 0 Å². The fourth-order valence-electron chi connectivity index (χ4n) is 2.46. The van der Waals surface area contributed by atoms with Gasteiger partial charge in [0.05, 0.1) is 5.52 Å². The molecule has 1 saturated heterocycles. The van der Waals surface area contributed by atoms with Gasteiger partial charge in [-0.25, -0.2) is 9.97 Å². The van der Waals surface area contributed by atoms with E-state index >= 15 is 0 Å². The molecular formula is C14H18N4. The summed E-state index contributed by atoms with van der Waals surface area (Å²) in [6, 6.07) is 8.61. The molecule has 1 aliphatic heterocycles. The normalized spacial score (nSPS) is 19.9. The van der Waals surface area contributed by atoms with Crippen molar-refractivity contribution in [1.29, 1.82) is 0 Å². The average Bonchev–Trinajstić information content (AvgIpc) is 2.47. The van der Waals surface area contributed by atoms with Crippen molar-refractivity contribution >= 4 is 16.9 Å². The molecule has 2 heterocycles. The minimum atomic E-state index is 0.500. The molecule has 0 saturated carbocycles. The lowest BCUT2D eigenvalue weighted by atomic mass is 10.1. The van der Waals surface area contributed by atoms with Crippen molar-refractivity contribution in [3.05, 3.63) is 30.5 Å². The second-order valence-electron chi connectivity index (χ2n) is 4.84. The van der Waals surface area contributed by atoms with E-state index in [1.54, 1.807) is 0 Å². The summed E-state index contributed by atoms with van der Waals surface area (Å²) >= 11 is 0. The minimum Gasteiger partial charge on any atom is -0.340 e. The summed E-state index contributed by atoms with van der Waals surface area (Å²) in [6.45, 7) is 2.15. The number of benzene rings is 1. The lowest BCUT2D eigenvalue weighted by molar-refractivity contribution is 0.441. The second-order valence-corrected chi connectivity index (χ2v) is 4.84. The van der Waals surface area contributed by atoms with E-state index in [1.807, 2.05) is 30.5 Å². The molecule has 0 bridgehead atoms. The Labute approximate surface area is 107 Å². The Balaban J connectivity index is 1.88. The SMILES string of the molecule is CN(c1ncc2ccccc2n1)C1CCCNC1. The summed E-state index contributed by atoms with van der Waals surface area (Å²) in [5, 5.41) is 4.52. The van der Waals surface area contributed by atoms with Gasteiger partial charge in [-0.15, -0.1) is 0 Å². The summed E-state index contributed by atoms with van der Waals surface area (Å²) < 4.78 is 0.